The van der Waals surface area contributed by atoms with Crippen LogP contribution in [-0.4, -0.2) is 46.4 Å². The van der Waals surface area contributed by atoms with Gasteiger partial charge in [0.05, 0.1) is 17.3 Å². The molecule has 1 amide bonds. The second-order valence-corrected chi connectivity index (χ2v) is 6.13. The van der Waals surface area contributed by atoms with Gasteiger partial charge < -0.3 is 14.6 Å². The lowest BCUT2D eigenvalue weighted by Gasteiger charge is -2.26. The van der Waals surface area contributed by atoms with Crippen molar-refractivity contribution in [3.63, 3.8) is 0 Å². The molecule has 0 radical (unpaired) electrons. The number of ether oxygens (including phenoxy) is 1. The predicted molar refractivity (Wildman–Crippen MR) is 92.1 cm³/mol. The van der Waals surface area contributed by atoms with Crippen molar-refractivity contribution in [1.82, 2.24) is 14.9 Å². The highest BCUT2D eigenvalue weighted by Crippen LogP contribution is 2.09. The molecule has 0 unspecified atom stereocenters. The molecule has 2 heterocycles. The third-order valence-corrected chi connectivity index (χ3v) is 4.29. The van der Waals surface area contributed by atoms with Gasteiger partial charge in [0.15, 0.2) is 6.61 Å². The third-order valence-electron chi connectivity index (χ3n) is 4.29. The maximum atomic E-state index is 12.0. The number of hydrogen-bond acceptors (Lipinski definition) is 5. The van der Waals surface area contributed by atoms with Gasteiger partial charge in [0, 0.05) is 19.5 Å². The summed E-state index contributed by atoms with van der Waals surface area (Å²) in [5, 5.41) is 0.515. The van der Waals surface area contributed by atoms with Crippen molar-refractivity contribution in [2.75, 3.05) is 19.7 Å². The number of carbonyl (C=O) groups excluding carboxylic acids is 2. The molecule has 1 N–H and O–H groups in total. The average Bonchev–Trinajstić information content (AvgIpc) is 2.65. The van der Waals surface area contributed by atoms with Crippen molar-refractivity contribution >= 4 is 22.8 Å². The lowest BCUT2D eigenvalue weighted by atomic mass is 10.1. The van der Waals surface area contributed by atoms with E-state index in [0.29, 0.717) is 16.7 Å². The fraction of sp³-hybridized carbons (Fsp3) is 0.444. The van der Waals surface area contributed by atoms with Gasteiger partial charge in [0.1, 0.15) is 5.82 Å². The smallest absolute Gasteiger partial charge is 0.306 e. The summed E-state index contributed by atoms with van der Waals surface area (Å²) >= 11 is 0. The van der Waals surface area contributed by atoms with Crippen LogP contribution in [0.5, 0.6) is 0 Å². The molecular formula is C18H21N3O4. The van der Waals surface area contributed by atoms with E-state index in [-0.39, 0.29) is 30.9 Å². The van der Waals surface area contributed by atoms with E-state index >= 15 is 0 Å². The molecule has 7 heteroatoms. The van der Waals surface area contributed by atoms with Crippen molar-refractivity contribution in [2.24, 2.45) is 0 Å². The zero-order chi connectivity index (χ0) is 17.6. The minimum Gasteiger partial charge on any atom is -0.456 e. The molecule has 1 aliphatic heterocycles. The summed E-state index contributed by atoms with van der Waals surface area (Å²) in [6.45, 7) is 1.25. The van der Waals surface area contributed by atoms with Crippen LogP contribution >= 0.6 is 0 Å². The molecule has 0 aliphatic carbocycles. The maximum absolute atomic E-state index is 12.0. The van der Waals surface area contributed by atoms with E-state index in [1.165, 1.54) is 0 Å². The highest BCUT2D eigenvalue weighted by molar-refractivity contribution is 5.81. The number of H-pyrrole nitrogens is 1. The monoisotopic (exact) mass is 343 g/mol. The van der Waals surface area contributed by atoms with Gasteiger partial charge >= 0.3 is 5.97 Å². The molecule has 1 aromatic carbocycles. The Bertz CT molecular complexity index is 824. The van der Waals surface area contributed by atoms with Crippen LogP contribution < -0.4 is 5.56 Å². The summed E-state index contributed by atoms with van der Waals surface area (Å²) in [5.41, 5.74) is 0.365. The molecule has 0 saturated carbocycles. The molecule has 0 bridgehead atoms. The first-order chi connectivity index (χ1) is 12.1. The van der Waals surface area contributed by atoms with Crippen LogP contribution in [0.1, 0.15) is 31.5 Å². The fourth-order valence-corrected chi connectivity index (χ4v) is 2.92. The highest BCUT2D eigenvalue weighted by Gasteiger charge is 2.18. The summed E-state index contributed by atoms with van der Waals surface area (Å²) in [4.78, 5) is 44.5. The number of para-hydroxylation sites is 1. The van der Waals surface area contributed by atoms with Gasteiger partial charge in [-0.3, -0.25) is 14.4 Å². The lowest BCUT2D eigenvalue weighted by molar-refractivity contribution is -0.152. The van der Waals surface area contributed by atoms with Crippen LogP contribution in [0.15, 0.2) is 29.1 Å². The first-order valence-corrected chi connectivity index (χ1v) is 8.55. The number of carbonyl (C=O) groups is 2. The summed E-state index contributed by atoms with van der Waals surface area (Å²) in [6.07, 6.45) is 3.47. The minimum absolute atomic E-state index is 0.0640. The largest absolute Gasteiger partial charge is 0.456 e. The molecule has 0 spiro atoms. The van der Waals surface area contributed by atoms with E-state index in [1.54, 1.807) is 29.2 Å². The Hall–Kier alpha value is -2.70. The average molecular weight is 343 g/mol. The molecule has 0 atom stereocenters. The molecule has 2 aromatic rings. The first kappa shape index (κ1) is 17.1. The molecule has 1 fully saturated rings. The molecule has 7 nitrogen and oxygen atoms in total. The van der Waals surface area contributed by atoms with Crippen LogP contribution in [0.4, 0.5) is 0 Å². The van der Waals surface area contributed by atoms with E-state index < -0.39 is 5.97 Å². The fourth-order valence-electron chi connectivity index (χ4n) is 2.92. The summed E-state index contributed by atoms with van der Waals surface area (Å²) < 4.78 is 5.05. The van der Waals surface area contributed by atoms with Gasteiger partial charge in [-0.05, 0) is 31.4 Å². The Balaban J connectivity index is 1.50. The number of esters is 1. The molecule has 1 aromatic heterocycles. The van der Waals surface area contributed by atoms with Crippen LogP contribution in [-0.2, 0) is 20.7 Å². The number of aromatic nitrogens is 2. The number of nitrogens with zero attached hydrogens (tertiary/aromatic N) is 2. The quantitative estimate of drug-likeness (QED) is 0.829. The molecule has 25 heavy (non-hydrogen) atoms. The second kappa shape index (κ2) is 7.92. The number of nitrogens with one attached hydrogen (secondary N) is 1. The van der Waals surface area contributed by atoms with Crippen molar-refractivity contribution in [3.05, 3.63) is 40.4 Å². The number of aromatic amines is 1. The Morgan fingerprint density at radius 1 is 1.16 bits per heavy atom. The predicted octanol–water partition coefficient (Wildman–Crippen LogP) is 1.41. The maximum Gasteiger partial charge on any atom is 0.306 e. The molecule has 3 rings (SSSR count). The third kappa shape index (κ3) is 4.43. The van der Waals surface area contributed by atoms with Crippen LogP contribution in [0.2, 0.25) is 0 Å². The highest BCUT2D eigenvalue weighted by atomic mass is 16.5. The number of rotatable bonds is 5. The standard InChI is InChI=1S/C18H21N3O4/c22-16(21-10-4-1-5-11-21)12-25-17(23)9-8-15-19-14-7-3-2-6-13(14)18(24)20-15/h2-3,6-7H,1,4-5,8-12H2,(H,19,20,24). The van der Waals surface area contributed by atoms with E-state index in [1.807, 2.05) is 0 Å². The Labute approximate surface area is 145 Å². The Morgan fingerprint density at radius 2 is 1.92 bits per heavy atom. The number of aryl methyl sites for hydroxylation is 1. The topological polar surface area (TPSA) is 92.4 Å². The van der Waals surface area contributed by atoms with E-state index in [0.717, 1.165) is 32.4 Å². The van der Waals surface area contributed by atoms with Gasteiger partial charge in [0.25, 0.3) is 11.5 Å². The molecular weight excluding hydrogens is 322 g/mol. The lowest BCUT2D eigenvalue weighted by Crippen LogP contribution is -2.38. The molecule has 1 aliphatic rings. The summed E-state index contributed by atoms with van der Waals surface area (Å²) in [5.74, 6) is -0.186. The number of hydrogen-bond donors (Lipinski definition) is 1. The summed E-state index contributed by atoms with van der Waals surface area (Å²) in [7, 11) is 0. The number of likely N-dealkylation sites (tertiary alicyclic amines) is 1. The molecule has 132 valence electrons. The van der Waals surface area contributed by atoms with E-state index in [9.17, 15) is 14.4 Å². The van der Waals surface area contributed by atoms with Crippen molar-refractivity contribution < 1.29 is 14.3 Å². The van der Waals surface area contributed by atoms with Crippen LogP contribution in [0.3, 0.4) is 0 Å². The van der Waals surface area contributed by atoms with Crippen LogP contribution in [0, 0.1) is 0 Å². The number of amides is 1. The van der Waals surface area contributed by atoms with Gasteiger partial charge in [-0.25, -0.2) is 4.98 Å². The normalized spacial score (nSPS) is 14.5. The zero-order valence-electron chi connectivity index (χ0n) is 14.0. The first-order valence-electron chi connectivity index (χ1n) is 8.55. The Morgan fingerprint density at radius 3 is 2.72 bits per heavy atom. The van der Waals surface area contributed by atoms with Crippen molar-refractivity contribution in [2.45, 2.75) is 32.1 Å². The number of fused-ring (bicyclic) bond motifs is 1. The molecule has 1 saturated heterocycles. The second-order valence-electron chi connectivity index (χ2n) is 6.13. The van der Waals surface area contributed by atoms with Gasteiger partial charge in [-0.15, -0.1) is 0 Å². The van der Waals surface area contributed by atoms with Gasteiger partial charge in [0.2, 0.25) is 0 Å². The van der Waals surface area contributed by atoms with Crippen LogP contribution in [0.25, 0.3) is 10.9 Å². The number of piperidine rings is 1. The SMILES string of the molecule is O=C(CCc1nc2ccccc2c(=O)[nH]1)OCC(=O)N1CCCCC1. The van der Waals surface area contributed by atoms with Gasteiger partial charge in [-0.2, -0.15) is 0 Å². The number of benzene rings is 1. The van der Waals surface area contributed by atoms with E-state index in [2.05, 4.69) is 9.97 Å². The Kier molecular flexibility index (Phi) is 5.42. The van der Waals surface area contributed by atoms with E-state index in [4.69, 9.17) is 4.74 Å². The van der Waals surface area contributed by atoms with Crippen molar-refractivity contribution in [3.8, 4) is 0 Å². The minimum atomic E-state index is -0.471. The van der Waals surface area contributed by atoms with Crippen molar-refractivity contribution in [1.29, 1.82) is 0 Å². The van der Waals surface area contributed by atoms with Gasteiger partial charge in [-0.1, -0.05) is 12.1 Å². The zero-order valence-corrected chi connectivity index (χ0v) is 14.0. The summed E-state index contributed by atoms with van der Waals surface area (Å²) in [6, 6.07) is 7.03.